The van der Waals surface area contributed by atoms with Crippen molar-refractivity contribution < 1.29 is 18.4 Å². The first-order chi connectivity index (χ1) is 20.8. The van der Waals surface area contributed by atoms with Crippen molar-refractivity contribution in [3.8, 4) is 16.8 Å². The molecule has 0 saturated heterocycles. The number of pyridine rings is 1. The van der Waals surface area contributed by atoms with Crippen LogP contribution in [-0.4, -0.2) is 48.5 Å². The molecule has 2 bridgehead atoms. The Bertz CT molecular complexity index is 1730. The number of benzene rings is 2. The summed E-state index contributed by atoms with van der Waals surface area (Å²) in [5.74, 6) is -1.75. The van der Waals surface area contributed by atoms with E-state index in [1.165, 1.54) is 35.3 Å². The van der Waals surface area contributed by atoms with Gasteiger partial charge in [-0.1, -0.05) is 31.4 Å². The minimum Gasteiger partial charge on any atom is -0.330 e. The van der Waals surface area contributed by atoms with Crippen LogP contribution in [0, 0.1) is 17.6 Å². The van der Waals surface area contributed by atoms with Gasteiger partial charge in [0.05, 0.1) is 22.4 Å². The van der Waals surface area contributed by atoms with Crippen molar-refractivity contribution in [2.45, 2.75) is 45.1 Å². The monoisotopic (exact) mass is 603 g/mol. The number of fused-ring (bicyclic) bond motifs is 4. The van der Waals surface area contributed by atoms with Gasteiger partial charge in [-0.15, -0.1) is 5.10 Å². The van der Waals surface area contributed by atoms with E-state index in [1.807, 2.05) is 13.0 Å². The second-order valence-corrected chi connectivity index (χ2v) is 11.2. The van der Waals surface area contributed by atoms with Crippen molar-refractivity contribution in [3.63, 3.8) is 0 Å². The summed E-state index contributed by atoms with van der Waals surface area (Å²) < 4.78 is 31.1. The summed E-state index contributed by atoms with van der Waals surface area (Å²) in [4.78, 5) is 33.0. The number of aromatic nitrogens is 5. The maximum absolute atomic E-state index is 15.4. The van der Waals surface area contributed by atoms with Crippen molar-refractivity contribution in [2.24, 2.45) is 5.92 Å². The molecule has 4 heterocycles. The Morgan fingerprint density at radius 1 is 1.05 bits per heavy atom. The molecular weight excluding hydrogens is 576 g/mol. The Hall–Kier alpha value is -4.51. The van der Waals surface area contributed by atoms with E-state index in [0.717, 1.165) is 12.8 Å². The average molecular weight is 604 g/mol. The first-order valence-electron chi connectivity index (χ1n) is 14.1. The molecule has 2 atom stereocenters. The lowest BCUT2D eigenvalue weighted by atomic mass is 9.93. The highest BCUT2D eigenvalue weighted by molar-refractivity contribution is 6.31. The Morgan fingerprint density at radius 2 is 1.88 bits per heavy atom. The van der Waals surface area contributed by atoms with E-state index in [1.54, 1.807) is 29.3 Å². The van der Waals surface area contributed by atoms with E-state index < -0.39 is 11.6 Å². The van der Waals surface area contributed by atoms with Gasteiger partial charge in [0.15, 0.2) is 5.82 Å². The van der Waals surface area contributed by atoms with Crippen molar-refractivity contribution in [2.75, 3.05) is 11.9 Å². The molecule has 0 spiro atoms. The largest absolute Gasteiger partial charge is 0.330 e. The molecule has 0 unspecified atom stereocenters. The first kappa shape index (κ1) is 28.6. The molecule has 2 aliphatic heterocycles. The fourth-order valence-corrected chi connectivity index (χ4v) is 5.93. The van der Waals surface area contributed by atoms with Gasteiger partial charge in [-0.05, 0) is 83.3 Å². The van der Waals surface area contributed by atoms with Gasteiger partial charge < -0.3 is 10.2 Å². The summed E-state index contributed by atoms with van der Waals surface area (Å²) in [5, 5.41) is 14.1. The van der Waals surface area contributed by atoms with Crippen LogP contribution in [0.2, 0.25) is 5.02 Å². The molecule has 0 radical (unpaired) electrons. The normalized spacial score (nSPS) is 19.4. The summed E-state index contributed by atoms with van der Waals surface area (Å²) >= 11 is 6.14. The van der Waals surface area contributed by atoms with Gasteiger partial charge in [0.2, 0.25) is 11.8 Å². The summed E-state index contributed by atoms with van der Waals surface area (Å²) in [6.07, 6.45) is 7.57. The third-order valence-corrected chi connectivity index (χ3v) is 8.35. The number of carbonyl (C=O) groups excluding carboxylic acids is 2. The average Bonchev–Trinajstić information content (AvgIpc) is 3.54. The maximum Gasteiger partial charge on any atom is 0.247 e. The molecule has 2 aromatic carbocycles. The molecular formula is C31H28ClF2N7O2. The molecule has 2 aliphatic rings. The molecule has 9 nitrogen and oxygen atoms in total. The van der Waals surface area contributed by atoms with Crippen molar-refractivity contribution in [1.82, 2.24) is 30.1 Å². The van der Waals surface area contributed by atoms with Gasteiger partial charge in [0.25, 0.3) is 0 Å². The molecule has 2 aromatic heterocycles. The smallest absolute Gasteiger partial charge is 0.247 e. The third kappa shape index (κ3) is 5.77. The minimum absolute atomic E-state index is 0.0715. The summed E-state index contributed by atoms with van der Waals surface area (Å²) in [6.45, 7) is 2.18. The summed E-state index contributed by atoms with van der Waals surface area (Å²) in [6, 6.07) is 10.5. The molecule has 4 aromatic rings. The summed E-state index contributed by atoms with van der Waals surface area (Å²) in [5.41, 5.74) is 3.40. The van der Waals surface area contributed by atoms with Crippen LogP contribution in [0.1, 0.15) is 56.3 Å². The van der Waals surface area contributed by atoms with E-state index in [9.17, 15) is 14.0 Å². The molecule has 0 fully saturated rings. The fourth-order valence-electron chi connectivity index (χ4n) is 5.77. The van der Waals surface area contributed by atoms with E-state index in [4.69, 9.17) is 11.6 Å². The molecule has 12 heteroatoms. The molecule has 1 N–H and O–H groups in total. The first-order valence-corrected chi connectivity index (χ1v) is 14.5. The Balaban J connectivity index is 1.38. The van der Waals surface area contributed by atoms with E-state index in [-0.39, 0.29) is 34.4 Å². The molecule has 220 valence electrons. The number of nitrogens with zero attached hydrogens (tertiary/aromatic N) is 6. The van der Waals surface area contributed by atoms with Gasteiger partial charge in [0.1, 0.15) is 12.1 Å². The molecule has 43 heavy (non-hydrogen) atoms. The van der Waals surface area contributed by atoms with E-state index in [2.05, 4.69) is 25.8 Å². The van der Waals surface area contributed by atoms with Crippen LogP contribution in [0.15, 0.2) is 61.1 Å². The minimum atomic E-state index is -0.651. The van der Waals surface area contributed by atoms with E-state index >= 15 is 4.39 Å². The predicted molar refractivity (Wildman–Crippen MR) is 157 cm³/mol. The number of amides is 2. The van der Waals surface area contributed by atoms with Crippen LogP contribution in [0.4, 0.5) is 14.5 Å². The number of tetrazole rings is 1. The molecule has 6 rings (SSSR count). The quantitative estimate of drug-likeness (QED) is 0.301. The number of rotatable bonds is 3. The van der Waals surface area contributed by atoms with Crippen LogP contribution in [-0.2, 0) is 9.59 Å². The van der Waals surface area contributed by atoms with Gasteiger partial charge in [-0.2, -0.15) is 4.68 Å². The SMILES string of the molecule is C[C@@H]1CCCC[C@H](N2CCC(c3c(-n4cnnn4)ccc(Cl)c3F)=CC2=O)c2cc(ccn2)-c2cc(F)ccc2NC1=O. The second kappa shape index (κ2) is 12.0. The van der Waals surface area contributed by atoms with Crippen LogP contribution in [0.25, 0.3) is 22.4 Å². The van der Waals surface area contributed by atoms with E-state index in [0.29, 0.717) is 59.6 Å². The molecule has 0 aliphatic carbocycles. The van der Waals surface area contributed by atoms with Crippen LogP contribution in [0.3, 0.4) is 0 Å². The zero-order chi connectivity index (χ0) is 30.1. The van der Waals surface area contributed by atoms with Gasteiger partial charge in [0, 0.05) is 41.5 Å². The van der Waals surface area contributed by atoms with Crippen molar-refractivity contribution >= 4 is 34.7 Å². The number of hydrogen-bond donors (Lipinski definition) is 1. The highest BCUT2D eigenvalue weighted by Gasteiger charge is 2.31. The zero-order valence-corrected chi connectivity index (χ0v) is 24.1. The summed E-state index contributed by atoms with van der Waals surface area (Å²) in [7, 11) is 0. The molecule has 0 saturated carbocycles. The van der Waals surface area contributed by atoms with Crippen LogP contribution >= 0.6 is 11.6 Å². The number of carbonyl (C=O) groups is 2. The number of halogens is 3. The third-order valence-electron chi connectivity index (χ3n) is 8.05. The molecule has 2 amide bonds. The maximum atomic E-state index is 15.4. The standard InChI is InChI=1S/C31H28ClF2N7O2/c1-18-4-2-3-5-26(25-14-19(10-12-35-25)22-16-21(33)6-8-24(22)37-31(18)43)40-13-11-20(15-28(40)42)29-27(41-17-36-38-39-41)9-7-23(32)30(29)34/h6-10,12,14-18,26H,2-5,11,13H2,1H3,(H,37,43)/t18-,26+/m1/s1. The highest BCUT2D eigenvalue weighted by Crippen LogP contribution is 2.38. The Kier molecular flexibility index (Phi) is 7.98. The van der Waals surface area contributed by atoms with Crippen LogP contribution < -0.4 is 5.32 Å². The lowest BCUT2D eigenvalue weighted by Crippen LogP contribution is -2.38. The Morgan fingerprint density at radius 3 is 2.67 bits per heavy atom. The Labute approximate surface area is 251 Å². The number of anilines is 1. The second-order valence-electron chi connectivity index (χ2n) is 10.8. The van der Waals surface area contributed by atoms with Gasteiger partial charge >= 0.3 is 0 Å². The predicted octanol–water partition coefficient (Wildman–Crippen LogP) is 6.16. The topological polar surface area (TPSA) is 106 Å². The number of nitrogens with one attached hydrogen (secondary N) is 1. The lowest BCUT2D eigenvalue weighted by molar-refractivity contribution is -0.129. The zero-order valence-electron chi connectivity index (χ0n) is 23.3. The van der Waals surface area contributed by atoms with Gasteiger partial charge in [-0.25, -0.2) is 8.78 Å². The van der Waals surface area contributed by atoms with Crippen LogP contribution in [0.5, 0.6) is 0 Å². The lowest BCUT2D eigenvalue weighted by Gasteiger charge is -2.34. The van der Waals surface area contributed by atoms with Crippen molar-refractivity contribution in [1.29, 1.82) is 0 Å². The van der Waals surface area contributed by atoms with Crippen molar-refractivity contribution in [3.05, 3.63) is 89.0 Å². The number of hydrogen-bond acceptors (Lipinski definition) is 6. The highest BCUT2D eigenvalue weighted by atomic mass is 35.5. The fraction of sp³-hybridized carbons (Fsp3) is 0.290. The van der Waals surface area contributed by atoms with Gasteiger partial charge in [-0.3, -0.25) is 14.6 Å².